The smallest absolute Gasteiger partial charge is 0.152 e. The van der Waals surface area contributed by atoms with Crippen molar-refractivity contribution in [3.05, 3.63) is 121 Å². The SMILES string of the molecule is CCCc1nc2c(N)nc3ccccc3c2n1CCOc1ccccc1.Nc1nc2ccccc2c2c1nc(CCC1CCCC1)n2CCOc1ccccc1. The summed E-state index contributed by atoms with van der Waals surface area (Å²) in [6.45, 7) is 4.77. The van der Waals surface area contributed by atoms with Crippen LogP contribution in [0.3, 0.4) is 0 Å². The van der Waals surface area contributed by atoms with Crippen molar-refractivity contribution in [2.75, 3.05) is 24.7 Å². The first-order valence-electron chi connectivity index (χ1n) is 20.0. The third-order valence-electron chi connectivity index (χ3n) is 10.8. The van der Waals surface area contributed by atoms with E-state index in [1.54, 1.807) is 0 Å². The van der Waals surface area contributed by atoms with Crippen LogP contribution in [0.4, 0.5) is 11.6 Å². The van der Waals surface area contributed by atoms with Crippen molar-refractivity contribution >= 4 is 55.5 Å². The van der Waals surface area contributed by atoms with Crippen LogP contribution in [0.15, 0.2) is 109 Å². The normalized spacial score (nSPS) is 13.1. The van der Waals surface area contributed by atoms with Crippen LogP contribution < -0.4 is 20.9 Å². The number of fused-ring (bicyclic) bond motifs is 6. The first-order chi connectivity index (χ1) is 27.6. The third kappa shape index (κ3) is 7.96. The molecular formula is C46H50N8O2. The molecule has 10 heteroatoms. The van der Waals surface area contributed by atoms with Gasteiger partial charge in [0, 0.05) is 23.6 Å². The molecule has 4 heterocycles. The van der Waals surface area contributed by atoms with Crippen LogP contribution in [0.2, 0.25) is 0 Å². The van der Waals surface area contributed by atoms with Gasteiger partial charge in [0.25, 0.3) is 0 Å². The fourth-order valence-electron chi connectivity index (χ4n) is 8.07. The van der Waals surface area contributed by atoms with Gasteiger partial charge in [0.1, 0.15) is 47.4 Å². The van der Waals surface area contributed by atoms with Crippen molar-refractivity contribution in [3.8, 4) is 11.5 Å². The molecule has 4 N–H and O–H groups in total. The number of rotatable bonds is 13. The summed E-state index contributed by atoms with van der Waals surface area (Å²) in [7, 11) is 0. The molecule has 4 aromatic carbocycles. The number of hydrogen-bond acceptors (Lipinski definition) is 8. The summed E-state index contributed by atoms with van der Waals surface area (Å²) in [6, 6.07) is 36.1. The number of anilines is 2. The number of benzene rings is 4. The number of nitrogen functional groups attached to an aromatic ring is 2. The highest BCUT2D eigenvalue weighted by molar-refractivity contribution is 6.07. The number of hydrogen-bond donors (Lipinski definition) is 2. The molecule has 56 heavy (non-hydrogen) atoms. The molecule has 1 fully saturated rings. The van der Waals surface area contributed by atoms with Gasteiger partial charge in [-0.15, -0.1) is 0 Å². The summed E-state index contributed by atoms with van der Waals surface area (Å²) in [4.78, 5) is 18.9. The van der Waals surface area contributed by atoms with Gasteiger partial charge in [0.2, 0.25) is 0 Å². The molecule has 286 valence electrons. The lowest BCUT2D eigenvalue weighted by molar-refractivity contribution is 0.297. The summed E-state index contributed by atoms with van der Waals surface area (Å²) in [5, 5.41) is 2.17. The van der Waals surface area contributed by atoms with Crippen molar-refractivity contribution in [2.45, 2.75) is 71.4 Å². The molecule has 0 amide bonds. The monoisotopic (exact) mass is 746 g/mol. The number of nitrogens with zero attached hydrogens (tertiary/aromatic N) is 6. The fourth-order valence-corrected chi connectivity index (χ4v) is 8.07. The van der Waals surface area contributed by atoms with Crippen LogP contribution in [-0.2, 0) is 25.9 Å². The van der Waals surface area contributed by atoms with E-state index in [-0.39, 0.29) is 0 Å². The van der Waals surface area contributed by atoms with E-state index in [0.29, 0.717) is 31.4 Å². The minimum atomic E-state index is 0.485. The first-order valence-corrected chi connectivity index (χ1v) is 20.0. The van der Waals surface area contributed by atoms with Crippen LogP contribution in [0, 0.1) is 5.92 Å². The average molecular weight is 747 g/mol. The highest BCUT2D eigenvalue weighted by atomic mass is 16.5. The summed E-state index contributed by atoms with van der Waals surface area (Å²) < 4.78 is 16.5. The number of aryl methyl sites for hydroxylation is 2. The van der Waals surface area contributed by atoms with Gasteiger partial charge in [-0.05, 0) is 55.2 Å². The molecule has 0 radical (unpaired) electrons. The molecule has 0 bridgehead atoms. The Bertz CT molecular complexity index is 2540. The van der Waals surface area contributed by atoms with E-state index in [1.165, 1.54) is 32.1 Å². The average Bonchev–Trinajstić information content (AvgIpc) is 3.98. The van der Waals surface area contributed by atoms with Gasteiger partial charge in [-0.1, -0.05) is 105 Å². The molecular weight excluding hydrogens is 697 g/mol. The Balaban J connectivity index is 0.000000159. The number of aromatic nitrogens is 6. The highest BCUT2D eigenvalue weighted by Crippen LogP contribution is 2.33. The second-order valence-corrected chi connectivity index (χ2v) is 14.5. The van der Waals surface area contributed by atoms with Crippen LogP contribution in [0.5, 0.6) is 11.5 Å². The van der Waals surface area contributed by atoms with Gasteiger partial charge in [-0.25, -0.2) is 19.9 Å². The van der Waals surface area contributed by atoms with Crippen LogP contribution in [-0.4, -0.2) is 42.3 Å². The van der Waals surface area contributed by atoms with E-state index in [2.05, 4.69) is 44.2 Å². The summed E-state index contributed by atoms with van der Waals surface area (Å²) in [5.74, 6) is 5.71. The van der Waals surface area contributed by atoms with Crippen molar-refractivity contribution in [1.29, 1.82) is 0 Å². The Morgan fingerprint density at radius 2 is 1.02 bits per heavy atom. The van der Waals surface area contributed by atoms with E-state index in [1.807, 2.05) is 91.0 Å². The molecule has 1 saturated carbocycles. The number of imidazole rings is 2. The van der Waals surface area contributed by atoms with Gasteiger partial charge in [-0.2, -0.15) is 0 Å². The Labute approximate surface area is 327 Å². The molecule has 1 aliphatic rings. The maximum absolute atomic E-state index is 6.32. The molecule has 10 nitrogen and oxygen atoms in total. The van der Waals surface area contributed by atoms with E-state index < -0.39 is 0 Å². The van der Waals surface area contributed by atoms with E-state index >= 15 is 0 Å². The van der Waals surface area contributed by atoms with E-state index in [4.69, 9.17) is 30.9 Å². The number of nitrogens with two attached hydrogens (primary N) is 2. The second-order valence-electron chi connectivity index (χ2n) is 14.5. The standard InChI is InChI=1S/C25H28N4O.C21H22N4O/c26-25-23-24(20-12-6-7-13-21(20)27-25)29(16-17-30-19-10-2-1-3-11-19)22(28-23)15-14-18-8-4-5-9-18;1-2-8-18-24-19-20(16-11-6-7-12-17(16)23-21(19)22)25(18)13-14-26-15-9-4-3-5-10-15/h1-3,6-7,10-13,18H,4-5,8-9,14-17H2,(H2,26,27);3-7,9-12H,2,8,13-14H2,1H3,(H2,22,23). The lowest BCUT2D eigenvalue weighted by Crippen LogP contribution is -2.12. The number of pyridine rings is 2. The number of para-hydroxylation sites is 4. The maximum atomic E-state index is 6.32. The molecule has 9 rings (SSSR count). The summed E-state index contributed by atoms with van der Waals surface area (Å²) in [5.41, 5.74) is 18.1. The summed E-state index contributed by atoms with van der Waals surface area (Å²) >= 11 is 0. The molecule has 0 spiro atoms. The largest absolute Gasteiger partial charge is 0.492 e. The predicted octanol–water partition coefficient (Wildman–Crippen LogP) is 9.57. The molecule has 0 atom stereocenters. The molecule has 4 aromatic heterocycles. The minimum Gasteiger partial charge on any atom is -0.492 e. The first kappa shape index (κ1) is 36.8. The third-order valence-corrected chi connectivity index (χ3v) is 10.8. The molecule has 0 aliphatic heterocycles. The topological polar surface area (TPSA) is 132 Å². The Kier molecular flexibility index (Phi) is 11.2. The van der Waals surface area contributed by atoms with Crippen LogP contribution in [0.1, 0.15) is 57.1 Å². The Hall–Kier alpha value is -6.16. The second kappa shape index (κ2) is 17.1. The molecule has 0 unspecified atom stereocenters. The number of ether oxygens (including phenoxy) is 2. The van der Waals surface area contributed by atoms with Gasteiger partial charge >= 0.3 is 0 Å². The molecule has 0 saturated heterocycles. The highest BCUT2D eigenvalue weighted by Gasteiger charge is 2.21. The van der Waals surface area contributed by atoms with E-state index in [9.17, 15) is 0 Å². The van der Waals surface area contributed by atoms with Crippen molar-refractivity contribution in [3.63, 3.8) is 0 Å². The zero-order chi connectivity index (χ0) is 38.3. The fraction of sp³-hybridized carbons (Fsp3) is 0.304. The van der Waals surface area contributed by atoms with Gasteiger partial charge in [0.15, 0.2) is 11.6 Å². The lowest BCUT2D eigenvalue weighted by atomic mass is 10.0. The maximum Gasteiger partial charge on any atom is 0.152 e. The lowest BCUT2D eigenvalue weighted by Gasteiger charge is -2.13. The van der Waals surface area contributed by atoms with Crippen LogP contribution in [0.25, 0.3) is 43.9 Å². The van der Waals surface area contributed by atoms with Crippen molar-refractivity contribution in [1.82, 2.24) is 29.1 Å². The zero-order valence-corrected chi connectivity index (χ0v) is 32.1. The predicted molar refractivity (Wildman–Crippen MR) is 227 cm³/mol. The summed E-state index contributed by atoms with van der Waals surface area (Å²) in [6.07, 6.45) is 9.52. The minimum absolute atomic E-state index is 0.485. The Morgan fingerprint density at radius 3 is 1.50 bits per heavy atom. The van der Waals surface area contributed by atoms with Gasteiger partial charge in [0.05, 0.1) is 35.2 Å². The van der Waals surface area contributed by atoms with Gasteiger partial charge in [-0.3, -0.25) is 0 Å². The molecule has 8 aromatic rings. The zero-order valence-electron chi connectivity index (χ0n) is 32.1. The Morgan fingerprint density at radius 1 is 0.571 bits per heavy atom. The quantitative estimate of drug-likeness (QED) is 0.119. The van der Waals surface area contributed by atoms with Crippen LogP contribution >= 0.6 is 0 Å². The van der Waals surface area contributed by atoms with Gasteiger partial charge < -0.3 is 30.1 Å². The van der Waals surface area contributed by atoms with Crippen molar-refractivity contribution < 1.29 is 9.47 Å². The van der Waals surface area contributed by atoms with Crippen molar-refractivity contribution in [2.24, 2.45) is 5.92 Å². The molecule has 1 aliphatic carbocycles. The van der Waals surface area contributed by atoms with E-state index in [0.717, 1.165) is 98.7 Å².